The van der Waals surface area contributed by atoms with Gasteiger partial charge in [-0.3, -0.25) is 4.79 Å². The lowest BCUT2D eigenvalue weighted by atomic mass is 9.96. The van der Waals surface area contributed by atoms with E-state index in [0.29, 0.717) is 6.54 Å². The van der Waals surface area contributed by atoms with Crippen LogP contribution < -0.4 is 5.32 Å². The number of hydrogen-bond acceptors (Lipinski definition) is 4. The zero-order valence-electron chi connectivity index (χ0n) is 9.93. The lowest BCUT2D eigenvalue weighted by Crippen LogP contribution is -2.29. The first-order valence-corrected chi connectivity index (χ1v) is 5.38. The quantitative estimate of drug-likeness (QED) is 0.773. The topological polar surface area (TPSA) is 51.2 Å². The Morgan fingerprint density at radius 2 is 2.25 bits per heavy atom. The van der Waals surface area contributed by atoms with Gasteiger partial charge in [0.25, 0.3) is 0 Å². The molecule has 1 rings (SSSR count). The molecule has 0 saturated heterocycles. The second-order valence-electron chi connectivity index (χ2n) is 3.97. The molecule has 1 unspecified atom stereocenters. The summed E-state index contributed by atoms with van der Waals surface area (Å²) in [5, 5.41) is 3.13. The molecule has 0 fully saturated rings. The van der Waals surface area contributed by atoms with Crippen molar-refractivity contribution in [3.05, 3.63) is 24.4 Å². The maximum absolute atomic E-state index is 11.5. The summed E-state index contributed by atoms with van der Waals surface area (Å²) in [6, 6.07) is 5.62. The van der Waals surface area contributed by atoms with Crippen LogP contribution in [-0.2, 0) is 9.53 Å². The second-order valence-corrected chi connectivity index (χ2v) is 3.97. The largest absolute Gasteiger partial charge is 0.469 e. The second kappa shape index (κ2) is 6.10. The highest BCUT2D eigenvalue weighted by Crippen LogP contribution is 2.13. The monoisotopic (exact) mass is 222 g/mol. The summed E-state index contributed by atoms with van der Waals surface area (Å²) in [7, 11) is 1.42. The maximum atomic E-state index is 11.5. The first-order chi connectivity index (χ1) is 7.65. The van der Waals surface area contributed by atoms with Crippen LogP contribution in [-0.4, -0.2) is 24.6 Å². The Hall–Kier alpha value is -1.58. The summed E-state index contributed by atoms with van der Waals surface area (Å²) in [5.74, 6) is 0.686. The summed E-state index contributed by atoms with van der Waals surface area (Å²) < 4.78 is 4.76. The third-order valence-corrected chi connectivity index (χ3v) is 2.48. The zero-order valence-corrected chi connectivity index (χ0v) is 9.93. The number of ether oxygens (including phenoxy) is 1. The summed E-state index contributed by atoms with van der Waals surface area (Å²) in [6.45, 7) is 4.55. The highest BCUT2D eigenvalue weighted by Gasteiger charge is 2.22. The minimum atomic E-state index is -0.182. The first kappa shape index (κ1) is 12.5. The van der Waals surface area contributed by atoms with Crippen LogP contribution >= 0.6 is 0 Å². The molecule has 0 aliphatic heterocycles. The van der Waals surface area contributed by atoms with Gasteiger partial charge in [0.15, 0.2) is 0 Å². The van der Waals surface area contributed by atoms with E-state index in [4.69, 9.17) is 4.74 Å². The van der Waals surface area contributed by atoms with Crippen LogP contribution in [0.3, 0.4) is 0 Å². The zero-order chi connectivity index (χ0) is 12.0. The van der Waals surface area contributed by atoms with Crippen molar-refractivity contribution in [3.8, 4) is 0 Å². The van der Waals surface area contributed by atoms with Gasteiger partial charge in [-0.05, 0) is 18.1 Å². The van der Waals surface area contributed by atoms with E-state index < -0.39 is 0 Å². The van der Waals surface area contributed by atoms with E-state index in [9.17, 15) is 4.79 Å². The number of methoxy groups -OCH3 is 1. The summed E-state index contributed by atoms with van der Waals surface area (Å²) in [5.41, 5.74) is 0. The average Bonchev–Trinajstić information content (AvgIpc) is 2.30. The molecule has 1 aromatic heterocycles. The van der Waals surface area contributed by atoms with E-state index >= 15 is 0 Å². The van der Waals surface area contributed by atoms with E-state index in [0.717, 1.165) is 5.82 Å². The normalized spacial score (nSPS) is 12.2. The molecule has 1 N–H and O–H groups in total. The van der Waals surface area contributed by atoms with E-state index in [1.807, 2.05) is 32.0 Å². The van der Waals surface area contributed by atoms with E-state index in [1.54, 1.807) is 6.20 Å². The number of esters is 1. The van der Waals surface area contributed by atoms with Crippen molar-refractivity contribution < 1.29 is 9.53 Å². The van der Waals surface area contributed by atoms with Gasteiger partial charge in [-0.15, -0.1) is 0 Å². The lowest BCUT2D eigenvalue weighted by molar-refractivity contribution is -0.146. The van der Waals surface area contributed by atoms with Crippen LogP contribution in [0.2, 0.25) is 0 Å². The minimum Gasteiger partial charge on any atom is -0.469 e. The van der Waals surface area contributed by atoms with Crippen molar-refractivity contribution >= 4 is 11.8 Å². The smallest absolute Gasteiger partial charge is 0.310 e. The molecule has 4 heteroatoms. The van der Waals surface area contributed by atoms with E-state index in [2.05, 4.69) is 10.3 Å². The number of carbonyl (C=O) groups excluding carboxylic acids is 1. The van der Waals surface area contributed by atoms with Crippen molar-refractivity contribution in [2.24, 2.45) is 11.8 Å². The molecule has 16 heavy (non-hydrogen) atoms. The third kappa shape index (κ3) is 3.53. The predicted octanol–water partition coefficient (Wildman–Crippen LogP) is 1.94. The Kier molecular flexibility index (Phi) is 4.76. The molecule has 4 nitrogen and oxygen atoms in total. The van der Waals surface area contributed by atoms with Gasteiger partial charge in [0.1, 0.15) is 5.82 Å². The number of nitrogens with zero attached hydrogens (tertiary/aromatic N) is 1. The predicted molar refractivity (Wildman–Crippen MR) is 63.1 cm³/mol. The third-order valence-electron chi connectivity index (χ3n) is 2.48. The summed E-state index contributed by atoms with van der Waals surface area (Å²) >= 11 is 0. The highest BCUT2D eigenvalue weighted by molar-refractivity contribution is 5.73. The molecule has 0 amide bonds. The van der Waals surface area contributed by atoms with Gasteiger partial charge in [0.05, 0.1) is 13.0 Å². The van der Waals surface area contributed by atoms with E-state index in [-0.39, 0.29) is 17.8 Å². The van der Waals surface area contributed by atoms with Gasteiger partial charge < -0.3 is 10.1 Å². The van der Waals surface area contributed by atoms with E-state index in [1.165, 1.54) is 7.11 Å². The van der Waals surface area contributed by atoms with Crippen LogP contribution in [0.4, 0.5) is 5.82 Å². The Labute approximate surface area is 96.0 Å². The molecule has 0 aromatic carbocycles. The van der Waals surface area contributed by atoms with Crippen molar-refractivity contribution in [1.29, 1.82) is 0 Å². The highest BCUT2D eigenvalue weighted by atomic mass is 16.5. The van der Waals surface area contributed by atoms with Gasteiger partial charge in [-0.25, -0.2) is 4.98 Å². The molecule has 0 radical (unpaired) electrons. The number of aromatic nitrogens is 1. The molecule has 0 aliphatic rings. The molecule has 0 saturated carbocycles. The number of nitrogens with one attached hydrogen (secondary N) is 1. The molecular weight excluding hydrogens is 204 g/mol. The van der Waals surface area contributed by atoms with Gasteiger partial charge >= 0.3 is 5.97 Å². The molecule has 0 aliphatic carbocycles. The fourth-order valence-electron chi connectivity index (χ4n) is 1.42. The van der Waals surface area contributed by atoms with Crippen LogP contribution in [0.1, 0.15) is 13.8 Å². The molecule has 0 spiro atoms. The molecule has 1 aromatic rings. The van der Waals surface area contributed by atoms with Crippen LogP contribution in [0, 0.1) is 11.8 Å². The maximum Gasteiger partial charge on any atom is 0.310 e. The van der Waals surface area contributed by atoms with Gasteiger partial charge in [0.2, 0.25) is 0 Å². The fourth-order valence-corrected chi connectivity index (χ4v) is 1.42. The number of pyridine rings is 1. The van der Waals surface area contributed by atoms with Crippen LogP contribution in [0.15, 0.2) is 24.4 Å². The Balaban J connectivity index is 2.54. The Bertz CT molecular complexity index is 325. The van der Waals surface area contributed by atoms with Gasteiger partial charge in [-0.1, -0.05) is 19.9 Å². The summed E-state index contributed by atoms with van der Waals surface area (Å²) in [6.07, 6.45) is 1.71. The lowest BCUT2D eigenvalue weighted by Gasteiger charge is -2.18. The van der Waals surface area contributed by atoms with Crippen LogP contribution in [0.5, 0.6) is 0 Å². The van der Waals surface area contributed by atoms with Crippen molar-refractivity contribution in [2.75, 3.05) is 19.0 Å². The number of carbonyl (C=O) groups is 1. The molecule has 88 valence electrons. The number of anilines is 1. The number of rotatable bonds is 5. The standard InChI is InChI=1S/C12H18N2O2/c1-9(2)10(12(15)16-3)8-14-11-6-4-5-7-13-11/h4-7,9-10H,8H2,1-3H3,(H,13,14). The number of hydrogen-bond donors (Lipinski definition) is 1. The average molecular weight is 222 g/mol. The van der Waals surface area contributed by atoms with Crippen molar-refractivity contribution in [2.45, 2.75) is 13.8 Å². The van der Waals surface area contributed by atoms with Crippen molar-refractivity contribution in [1.82, 2.24) is 4.98 Å². The van der Waals surface area contributed by atoms with Gasteiger partial charge in [-0.2, -0.15) is 0 Å². The fraction of sp³-hybridized carbons (Fsp3) is 0.500. The SMILES string of the molecule is COC(=O)C(CNc1ccccn1)C(C)C. The Morgan fingerprint density at radius 3 is 2.75 bits per heavy atom. The summed E-state index contributed by atoms with van der Waals surface area (Å²) in [4.78, 5) is 15.6. The van der Waals surface area contributed by atoms with Crippen molar-refractivity contribution in [3.63, 3.8) is 0 Å². The molecule has 0 bridgehead atoms. The van der Waals surface area contributed by atoms with Gasteiger partial charge in [0, 0.05) is 12.7 Å². The molecule has 1 atom stereocenters. The molecular formula is C12H18N2O2. The Morgan fingerprint density at radius 1 is 1.50 bits per heavy atom. The van der Waals surface area contributed by atoms with Crippen LogP contribution in [0.25, 0.3) is 0 Å². The minimum absolute atomic E-state index is 0.146. The molecule has 1 heterocycles. The first-order valence-electron chi connectivity index (χ1n) is 5.38.